The molecular formula is C18H20N2O2. The van der Waals surface area contributed by atoms with Crippen molar-refractivity contribution < 1.29 is 9.59 Å². The van der Waals surface area contributed by atoms with Crippen molar-refractivity contribution in [1.82, 2.24) is 0 Å². The second-order valence-electron chi connectivity index (χ2n) is 5.46. The number of hydrogen-bond acceptors (Lipinski definition) is 2. The van der Waals surface area contributed by atoms with E-state index in [2.05, 4.69) is 10.6 Å². The summed E-state index contributed by atoms with van der Waals surface area (Å²) in [5.74, 6) is -0.648. The summed E-state index contributed by atoms with van der Waals surface area (Å²) in [7, 11) is 0. The van der Waals surface area contributed by atoms with Crippen LogP contribution in [0.15, 0.2) is 42.5 Å². The summed E-state index contributed by atoms with van der Waals surface area (Å²) in [6.07, 6.45) is -0.207. The second-order valence-corrected chi connectivity index (χ2v) is 5.46. The number of anilines is 2. The number of carbonyl (C=O) groups excluding carboxylic acids is 2. The minimum absolute atomic E-state index is 0.207. The first kappa shape index (κ1) is 15.8. The molecule has 2 aromatic rings. The molecule has 2 aromatic carbocycles. The third kappa shape index (κ3) is 4.45. The lowest BCUT2D eigenvalue weighted by molar-refractivity contribution is -0.123. The predicted octanol–water partition coefficient (Wildman–Crippen LogP) is 3.58. The first-order chi connectivity index (χ1) is 10.4. The van der Waals surface area contributed by atoms with E-state index in [0.717, 1.165) is 22.4 Å². The average Bonchev–Trinajstić information content (AvgIpc) is 2.41. The maximum absolute atomic E-state index is 11.9. The van der Waals surface area contributed by atoms with E-state index in [9.17, 15) is 9.59 Å². The zero-order valence-electron chi connectivity index (χ0n) is 13.1. The van der Waals surface area contributed by atoms with E-state index in [1.165, 1.54) is 0 Å². The van der Waals surface area contributed by atoms with Gasteiger partial charge >= 0.3 is 0 Å². The molecule has 0 spiro atoms. The lowest BCUT2D eigenvalue weighted by Crippen LogP contribution is -2.21. The summed E-state index contributed by atoms with van der Waals surface area (Å²) in [6, 6.07) is 13.2. The highest BCUT2D eigenvalue weighted by Crippen LogP contribution is 2.16. The number of amides is 2. The third-order valence-corrected chi connectivity index (χ3v) is 3.28. The predicted molar refractivity (Wildman–Crippen MR) is 89.0 cm³/mol. The lowest BCUT2D eigenvalue weighted by Gasteiger charge is -2.09. The molecule has 0 aliphatic heterocycles. The third-order valence-electron chi connectivity index (χ3n) is 3.28. The highest BCUT2D eigenvalue weighted by atomic mass is 16.2. The summed E-state index contributed by atoms with van der Waals surface area (Å²) in [6.45, 7) is 5.87. The van der Waals surface area contributed by atoms with Gasteiger partial charge in [-0.1, -0.05) is 29.8 Å². The van der Waals surface area contributed by atoms with Gasteiger partial charge in [0.1, 0.15) is 6.42 Å². The summed E-state index contributed by atoms with van der Waals surface area (Å²) in [5, 5.41) is 5.49. The first-order valence-corrected chi connectivity index (χ1v) is 7.17. The Hall–Kier alpha value is -2.62. The molecule has 0 aliphatic rings. The Morgan fingerprint density at radius 1 is 0.864 bits per heavy atom. The molecule has 0 bridgehead atoms. The van der Waals surface area contributed by atoms with Crippen LogP contribution in [0, 0.1) is 20.8 Å². The Labute approximate surface area is 130 Å². The fourth-order valence-corrected chi connectivity index (χ4v) is 2.22. The van der Waals surface area contributed by atoms with Crippen LogP contribution < -0.4 is 10.6 Å². The van der Waals surface area contributed by atoms with Crippen molar-refractivity contribution in [2.24, 2.45) is 0 Å². The molecule has 2 rings (SSSR count). The molecule has 0 radical (unpaired) electrons. The van der Waals surface area contributed by atoms with Gasteiger partial charge in [0.25, 0.3) is 0 Å². The fourth-order valence-electron chi connectivity index (χ4n) is 2.22. The van der Waals surface area contributed by atoms with Crippen molar-refractivity contribution >= 4 is 23.2 Å². The van der Waals surface area contributed by atoms with E-state index in [1.54, 1.807) is 6.07 Å². The minimum Gasteiger partial charge on any atom is -0.326 e. The molecule has 22 heavy (non-hydrogen) atoms. The SMILES string of the molecule is Cc1cccc(NC(=O)CC(=O)Nc2ccc(C)cc2C)c1. The van der Waals surface area contributed by atoms with Gasteiger partial charge in [-0.2, -0.15) is 0 Å². The van der Waals surface area contributed by atoms with Gasteiger partial charge in [-0.15, -0.1) is 0 Å². The Morgan fingerprint density at radius 3 is 2.23 bits per heavy atom. The van der Waals surface area contributed by atoms with Crippen LogP contribution in [0.4, 0.5) is 11.4 Å². The van der Waals surface area contributed by atoms with E-state index in [1.807, 2.05) is 57.2 Å². The smallest absolute Gasteiger partial charge is 0.233 e. The highest BCUT2D eigenvalue weighted by Gasteiger charge is 2.11. The molecule has 0 aliphatic carbocycles. The van der Waals surface area contributed by atoms with Crippen molar-refractivity contribution in [3.63, 3.8) is 0 Å². The summed E-state index contributed by atoms with van der Waals surface area (Å²) >= 11 is 0. The van der Waals surface area contributed by atoms with E-state index in [4.69, 9.17) is 0 Å². The standard InChI is InChI=1S/C18H20N2O2/c1-12-5-4-6-15(10-12)19-17(21)11-18(22)20-16-8-7-13(2)9-14(16)3/h4-10H,11H2,1-3H3,(H,19,21)(H,20,22). The van der Waals surface area contributed by atoms with Gasteiger partial charge < -0.3 is 10.6 Å². The molecule has 0 saturated carbocycles. The monoisotopic (exact) mass is 296 g/mol. The Morgan fingerprint density at radius 2 is 1.55 bits per heavy atom. The van der Waals surface area contributed by atoms with Crippen molar-refractivity contribution in [3.8, 4) is 0 Å². The van der Waals surface area contributed by atoms with Gasteiger partial charge in [-0.3, -0.25) is 9.59 Å². The van der Waals surface area contributed by atoms with Crippen LogP contribution in [0.5, 0.6) is 0 Å². The Bertz CT molecular complexity index is 708. The van der Waals surface area contributed by atoms with Gasteiger partial charge in [0.05, 0.1) is 0 Å². The topological polar surface area (TPSA) is 58.2 Å². The second kappa shape index (κ2) is 6.89. The van der Waals surface area contributed by atoms with Crippen LogP contribution in [0.1, 0.15) is 23.1 Å². The van der Waals surface area contributed by atoms with E-state index in [0.29, 0.717) is 5.69 Å². The van der Waals surface area contributed by atoms with Crippen LogP contribution >= 0.6 is 0 Å². The van der Waals surface area contributed by atoms with Crippen LogP contribution in [0.25, 0.3) is 0 Å². The van der Waals surface area contributed by atoms with Crippen molar-refractivity contribution in [3.05, 3.63) is 59.2 Å². The molecule has 2 amide bonds. The minimum atomic E-state index is -0.326. The van der Waals surface area contributed by atoms with Crippen molar-refractivity contribution in [2.45, 2.75) is 27.2 Å². The average molecular weight is 296 g/mol. The highest BCUT2D eigenvalue weighted by molar-refractivity contribution is 6.08. The zero-order valence-corrected chi connectivity index (χ0v) is 13.1. The van der Waals surface area contributed by atoms with Crippen LogP contribution in [-0.4, -0.2) is 11.8 Å². The summed E-state index contributed by atoms with van der Waals surface area (Å²) in [5.41, 5.74) is 4.60. The quantitative estimate of drug-likeness (QED) is 0.847. The first-order valence-electron chi connectivity index (χ1n) is 7.17. The van der Waals surface area contributed by atoms with Crippen LogP contribution in [0.2, 0.25) is 0 Å². The Balaban J connectivity index is 1.92. The number of aryl methyl sites for hydroxylation is 3. The summed E-state index contributed by atoms with van der Waals surface area (Å²) in [4.78, 5) is 23.8. The normalized spacial score (nSPS) is 10.1. The van der Waals surface area contributed by atoms with Crippen LogP contribution in [0.3, 0.4) is 0 Å². The molecule has 0 aromatic heterocycles. The van der Waals surface area contributed by atoms with E-state index in [-0.39, 0.29) is 18.2 Å². The number of nitrogens with one attached hydrogen (secondary N) is 2. The van der Waals surface area contributed by atoms with Gasteiger partial charge in [0, 0.05) is 11.4 Å². The maximum Gasteiger partial charge on any atom is 0.233 e. The Kier molecular flexibility index (Phi) is 4.94. The maximum atomic E-state index is 11.9. The fraction of sp³-hybridized carbons (Fsp3) is 0.222. The molecular weight excluding hydrogens is 276 g/mol. The van der Waals surface area contributed by atoms with Gasteiger partial charge in [-0.25, -0.2) is 0 Å². The molecule has 0 unspecified atom stereocenters. The summed E-state index contributed by atoms with van der Waals surface area (Å²) < 4.78 is 0. The van der Waals surface area contributed by atoms with Gasteiger partial charge in [-0.05, 0) is 50.1 Å². The molecule has 4 nitrogen and oxygen atoms in total. The molecule has 0 atom stereocenters. The molecule has 2 N–H and O–H groups in total. The number of benzene rings is 2. The van der Waals surface area contributed by atoms with Crippen LogP contribution in [-0.2, 0) is 9.59 Å². The van der Waals surface area contributed by atoms with Crippen molar-refractivity contribution in [2.75, 3.05) is 10.6 Å². The van der Waals surface area contributed by atoms with E-state index < -0.39 is 0 Å². The van der Waals surface area contributed by atoms with Gasteiger partial charge in [0.2, 0.25) is 11.8 Å². The van der Waals surface area contributed by atoms with E-state index >= 15 is 0 Å². The molecule has 114 valence electrons. The number of hydrogen-bond donors (Lipinski definition) is 2. The molecule has 0 saturated heterocycles. The zero-order chi connectivity index (χ0) is 16.1. The number of rotatable bonds is 4. The molecule has 0 fully saturated rings. The van der Waals surface area contributed by atoms with Gasteiger partial charge in [0.15, 0.2) is 0 Å². The molecule has 4 heteroatoms. The van der Waals surface area contributed by atoms with Crippen molar-refractivity contribution in [1.29, 1.82) is 0 Å². The lowest BCUT2D eigenvalue weighted by atomic mass is 10.1. The largest absolute Gasteiger partial charge is 0.326 e. The molecule has 0 heterocycles. The number of carbonyl (C=O) groups is 2.